The van der Waals surface area contributed by atoms with E-state index >= 15 is 0 Å². The van der Waals surface area contributed by atoms with Gasteiger partial charge in [0, 0.05) is 43.1 Å². The van der Waals surface area contributed by atoms with Crippen LogP contribution in [0.2, 0.25) is 5.02 Å². The first kappa shape index (κ1) is 18.3. The smallest absolute Gasteiger partial charge is 0.353 e. The summed E-state index contributed by atoms with van der Waals surface area (Å²) in [6, 6.07) is 8.98. The molecule has 0 atom stereocenters. The van der Waals surface area contributed by atoms with Crippen LogP contribution in [-0.4, -0.2) is 42.1 Å². The van der Waals surface area contributed by atoms with Gasteiger partial charge in [-0.05, 0) is 30.3 Å². The number of carbonyl (C=O) groups is 1. The fourth-order valence-corrected chi connectivity index (χ4v) is 2.84. The molecular formula is C17H16ClF3N4O. The maximum absolute atomic E-state index is 12.6. The highest BCUT2D eigenvalue weighted by atomic mass is 35.5. The van der Waals surface area contributed by atoms with Gasteiger partial charge in [0.05, 0.1) is 5.56 Å². The molecule has 1 fully saturated rings. The first-order chi connectivity index (χ1) is 12.3. The van der Waals surface area contributed by atoms with Crippen LogP contribution < -0.4 is 10.2 Å². The number of anilines is 2. The molecule has 138 valence electrons. The Morgan fingerprint density at radius 1 is 1.12 bits per heavy atom. The van der Waals surface area contributed by atoms with Crippen molar-refractivity contribution < 1.29 is 18.0 Å². The van der Waals surface area contributed by atoms with Gasteiger partial charge in [-0.25, -0.2) is 9.78 Å². The standard InChI is InChI=1S/C17H16ClF3N4O/c18-13-2-1-3-14(10-13)23-16(26)25-8-6-24(7-9-25)15-5-4-12(11-22-15)17(19,20)21/h1-5,10-11H,6-9H2,(H,23,26). The number of hydrogen-bond donors (Lipinski definition) is 1. The lowest BCUT2D eigenvalue weighted by Gasteiger charge is -2.35. The van der Waals surface area contributed by atoms with Gasteiger partial charge in [-0.1, -0.05) is 17.7 Å². The topological polar surface area (TPSA) is 48.5 Å². The zero-order valence-corrected chi connectivity index (χ0v) is 14.4. The van der Waals surface area contributed by atoms with Crippen molar-refractivity contribution >= 4 is 29.1 Å². The second-order valence-corrected chi connectivity index (χ2v) is 6.25. The third-order valence-electron chi connectivity index (χ3n) is 4.04. The van der Waals surface area contributed by atoms with Gasteiger partial charge in [-0.2, -0.15) is 13.2 Å². The van der Waals surface area contributed by atoms with Crippen LogP contribution in [0.1, 0.15) is 5.56 Å². The Bertz CT molecular complexity index is 774. The van der Waals surface area contributed by atoms with Crippen LogP contribution in [-0.2, 0) is 6.18 Å². The second kappa shape index (κ2) is 7.41. The molecule has 1 aromatic heterocycles. The summed E-state index contributed by atoms with van der Waals surface area (Å²) in [7, 11) is 0. The van der Waals surface area contributed by atoms with Crippen molar-refractivity contribution in [2.45, 2.75) is 6.18 Å². The molecule has 0 saturated carbocycles. The number of hydrogen-bond acceptors (Lipinski definition) is 3. The molecule has 1 N–H and O–H groups in total. The minimum atomic E-state index is -4.40. The fourth-order valence-electron chi connectivity index (χ4n) is 2.65. The van der Waals surface area contributed by atoms with Gasteiger partial charge < -0.3 is 15.1 Å². The monoisotopic (exact) mass is 384 g/mol. The van der Waals surface area contributed by atoms with E-state index in [-0.39, 0.29) is 6.03 Å². The summed E-state index contributed by atoms with van der Waals surface area (Å²) >= 11 is 5.89. The Hall–Kier alpha value is -2.48. The number of alkyl halides is 3. The predicted octanol–water partition coefficient (Wildman–Crippen LogP) is 4.11. The van der Waals surface area contributed by atoms with Crippen LogP contribution >= 0.6 is 11.6 Å². The molecule has 1 aliphatic rings. The molecule has 0 radical (unpaired) electrons. The van der Waals surface area contributed by atoms with Crippen molar-refractivity contribution in [2.24, 2.45) is 0 Å². The van der Waals surface area contributed by atoms with E-state index in [0.717, 1.165) is 12.3 Å². The first-order valence-electron chi connectivity index (χ1n) is 7.92. The number of urea groups is 1. The fraction of sp³-hybridized carbons (Fsp3) is 0.294. The molecule has 5 nitrogen and oxygen atoms in total. The predicted molar refractivity (Wildman–Crippen MR) is 93.5 cm³/mol. The SMILES string of the molecule is O=C(Nc1cccc(Cl)c1)N1CCN(c2ccc(C(F)(F)F)cn2)CC1. The minimum absolute atomic E-state index is 0.243. The van der Waals surface area contributed by atoms with Crippen molar-refractivity contribution in [1.82, 2.24) is 9.88 Å². The Balaban J connectivity index is 1.56. The van der Waals surface area contributed by atoms with Crippen molar-refractivity contribution in [3.05, 3.63) is 53.2 Å². The van der Waals surface area contributed by atoms with Crippen molar-refractivity contribution in [3.63, 3.8) is 0 Å². The molecule has 2 heterocycles. The molecule has 0 bridgehead atoms. The number of halogens is 4. The molecule has 3 rings (SSSR count). The van der Waals surface area contributed by atoms with Crippen LogP contribution in [0.3, 0.4) is 0 Å². The van der Waals surface area contributed by atoms with E-state index in [1.807, 2.05) is 4.90 Å². The van der Waals surface area contributed by atoms with Crippen LogP contribution in [0.25, 0.3) is 0 Å². The van der Waals surface area contributed by atoms with E-state index in [1.54, 1.807) is 29.2 Å². The van der Waals surface area contributed by atoms with Gasteiger partial charge in [0.15, 0.2) is 0 Å². The summed E-state index contributed by atoms with van der Waals surface area (Å²) in [5.41, 5.74) is -0.171. The Morgan fingerprint density at radius 3 is 2.42 bits per heavy atom. The molecule has 1 aliphatic heterocycles. The first-order valence-corrected chi connectivity index (χ1v) is 8.30. The molecule has 2 aromatic rings. The number of carbonyl (C=O) groups excluding carboxylic acids is 1. The molecular weight excluding hydrogens is 369 g/mol. The highest BCUT2D eigenvalue weighted by molar-refractivity contribution is 6.30. The number of rotatable bonds is 2. The van der Waals surface area contributed by atoms with E-state index in [1.165, 1.54) is 6.07 Å². The van der Waals surface area contributed by atoms with Crippen LogP contribution in [0.4, 0.5) is 29.5 Å². The lowest BCUT2D eigenvalue weighted by molar-refractivity contribution is -0.137. The maximum Gasteiger partial charge on any atom is 0.417 e. The number of nitrogens with zero attached hydrogens (tertiary/aromatic N) is 3. The molecule has 0 aliphatic carbocycles. The summed E-state index contributed by atoms with van der Waals surface area (Å²) in [5, 5.41) is 3.30. The molecule has 0 spiro atoms. The van der Waals surface area contributed by atoms with E-state index in [4.69, 9.17) is 11.6 Å². The molecule has 0 unspecified atom stereocenters. The number of pyridine rings is 1. The van der Waals surface area contributed by atoms with E-state index in [2.05, 4.69) is 10.3 Å². The van der Waals surface area contributed by atoms with Gasteiger partial charge in [-0.3, -0.25) is 0 Å². The van der Waals surface area contributed by atoms with Gasteiger partial charge in [0.25, 0.3) is 0 Å². The van der Waals surface area contributed by atoms with Crippen molar-refractivity contribution in [2.75, 3.05) is 36.4 Å². The number of aromatic nitrogens is 1. The summed E-state index contributed by atoms with van der Waals surface area (Å²) < 4.78 is 37.8. The highest BCUT2D eigenvalue weighted by Crippen LogP contribution is 2.29. The van der Waals surface area contributed by atoms with E-state index < -0.39 is 11.7 Å². The van der Waals surface area contributed by atoms with Crippen LogP contribution in [0, 0.1) is 0 Å². The maximum atomic E-state index is 12.6. The number of benzene rings is 1. The second-order valence-electron chi connectivity index (χ2n) is 5.82. The molecule has 26 heavy (non-hydrogen) atoms. The Morgan fingerprint density at radius 2 is 1.85 bits per heavy atom. The van der Waals surface area contributed by atoms with E-state index in [9.17, 15) is 18.0 Å². The highest BCUT2D eigenvalue weighted by Gasteiger charge is 2.31. The third-order valence-corrected chi connectivity index (χ3v) is 4.28. The van der Waals surface area contributed by atoms with Gasteiger partial charge in [0.1, 0.15) is 5.82 Å². The normalized spacial score (nSPS) is 15.1. The average Bonchev–Trinajstić information content (AvgIpc) is 2.61. The van der Waals surface area contributed by atoms with Crippen LogP contribution in [0.5, 0.6) is 0 Å². The average molecular weight is 385 g/mol. The Labute approximate surface area is 153 Å². The quantitative estimate of drug-likeness (QED) is 0.847. The zero-order chi connectivity index (χ0) is 18.7. The molecule has 2 amide bonds. The molecule has 1 saturated heterocycles. The lowest BCUT2D eigenvalue weighted by atomic mass is 10.2. The molecule has 9 heteroatoms. The lowest BCUT2D eigenvalue weighted by Crippen LogP contribution is -2.50. The third kappa shape index (κ3) is 4.37. The minimum Gasteiger partial charge on any atom is -0.353 e. The number of amides is 2. The largest absolute Gasteiger partial charge is 0.417 e. The zero-order valence-electron chi connectivity index (χ0n) is 13.6. The Kier molecular flexibility index (Phi) is 5.22. The van der Waals surface area contributed by atoms with E-state index in [0.29, 0.717) is 42.7 Å². The summed E-state index contributed by atoms with van der Waals surface area (Å²) in [5.74, 6) is 0.466. The van der Waals surface area contributed by atoms with Crippen LogP contribution in [0.15, 0.2) is 42.6 Å². The number of nitrogens with one attached hydrogen (secondary N) is 1. The van der Waals surface area contributed by atoms with Crippen molar-refractivity contribution in [3.8, 4) is 0 Å². The summed E-state index contributed by atoms with van der Waals surface area (Å²) in [6.07, 6.45) is -3.57. The van der Waals surface area contributed by atoms with Gasteiger partial charge >= 0.3 is 12.2 Å². The van der Waals surface area contributed by atoms with Crippen molar-refractivity contribution in [1.29, 1.82) is 0 Å². The summed E-state index contributed by atoms with van der Waals surface area (Å²) in [4.78, 5) is 19.7. The van der Waals surface area contributed by atoms with Gasteiger partial charge in [0.2, 0.25) is 0 Å². The molecule has 1 aromatic carbocycles. The summed E-state index contributed by atoms with van der Waals surface area (Å²) in [6.45, 7) is 1.85. The van der Waals surface area contributed by atoms with Gasteiger partial charge in [-0.15, -0.1) is 0 Å². The number of piperazine rings is 1.